The Morgan fingerprint density at radius 3 is 2.72 bits per heavy atom. The average Bonchev–Trinajstić information content (AvgIpc) is 2.91. The van der Waals surface area contributed by atoms with Crippen LogP contribution in [0, 0.1) is 0 Å². The van der Waals surface area contributed by atoms with E-state index in [-0.39, 0.29) is 12.0 Å². The van der Waals surface area contributed by atoms with Gasteiger partial charge in [-0.05, 0) is 37.1 Å². The van der Waals surface area contributed by atoms with Gasteiger partial charge in [0.15, 0.2) is 0 Å². The van der Waals surface area contributed by atoms with Crippen molar-refractivity contribution in [1.82, 2.24) is 4.90 Å². The zero-order valence-electron chi connectivity index (χ0n) is 11.0. The van der Waals surface area contributed by atoms with Crippen LogP contribution in [0.15, 0.2) is 24.3 Å². The Bertz CT molecular complexity index is 397. The molecule has 0 bridgehead atoms. The van der Waals surface area contributed by atoms with Gasteiger partial charge >= 0.3 is 0 Å². The van der Waals surface area contributed by atoms with E-state index in [0.29, 0.717) is 6.54 Å². The monoisotopic (exact) mass is 248 g/mol. The molecule has 1 saturated heterocycles. The Labute approximate surface area is 108 Å². The molecule has 1 heterocycles. The third-order valence-electron chi connectivity index (χ3n) is 3.27. The summed E-state index contributed by atoms with van der Waals surface area (Å²) in [5.74, 6) is 0.0492. The zero-order valence-corrected chi connectivity index (χ0v) is 11.0. The summed E-state index contributed by atoms with van der Waals surface area (Å²) in [5, 5.41) is 3.04. The van der Waals surface area contributed by atoms with Crippen LogP contribution in [-0.4, -0.2) is 44.2 Å². The minimum atomic E-state index is 0.0492. The van der Waals surface area contributed by atoms with E-state index in [1.807, 2.05) is 38.4 Å². The van der Waals surface area contributed by atoms with Crippen molar-refractivity contribution in [2.45, 2.75) is 18.9 Å². The van der Waals surface area contributed by atoms with E-state index >= 15 is 0 Å². The van der Waals surface area contributed by atoms with Crippen LogP contribution in [0.3, 0.4) is 0 Å². The molecule has 0 aliphatic carbocycles. The highest BCUT2D eigenvalue weighted by Gasteiger charge is 2.20. The number of hydrogen-bond donors (Lipinski definition) is 1. The van der Waals surface area contributed by atoms with Gasteiger partial charge in [-0.2, -0.15) is 0 Å². The normalized spacial score (nSPS) is 18.7. The maximum Gasteiger partial charge on any atom is 0.253 e. The Balaban J connectivity index is 1.95. The van der Waals surface area contributed by atoms with Gasteiger partial charge < -0.3 is 15.0 Å². The molecule has 2 rings (SSSR count). The van der Waals surface area contributed by atoms with Gasteiger partial charge in [-0.25, -0.2) is 0 Å². The van der Waals surface area contributed by atoms with Crippen molar-refractivity contribution in [3.63, 3.8) is 0 Å². The molecule has 4 heteroatoms. The van der Waals surface area contributed by atoms with Crippen LogP contribution < -0.4 is 5.32 Å². The smallest absolute Gasteiger partial charge is 0.253 e. The quantitative estimate of drug-likeness (QED) is 0.886. The van der Waals surface area contributed by atoms with E-state index in [0.717, 1.165) is 30.7 Å². The van der Waals surface area contributed by atoms with Crippen molar-refractivity contribution in [3.8, 4) is 0 Å². The fourth-order valence-electron chi connectivity index (χ4n) is 2.18. The van der Waals surface area contributed by atoms with E-state index in [9.17, 15) is 4.79 Å². The lowest BCUT2D eigenvalue weighted by atomic mass is 10.1. The third kappa shape index (κ3) is 3.01. The van der Waals surface area contributed by atoms with Crippen LogP contribution in [0.5, 0.6) is 0 Å². The fraction of sp³-hybridized carbons (Fsp3) is 0.500. The summed E-state index contributed by atoms with van der Waals surface area (Å²) in [6.45, 7) is 1.50. The number of rotatable bonds is 4. The highest BCUT2D eigenvalue weighted by molar-refractivity contribution is 5.94. The number of nitrogens with zero attached hydrogens (tertiary/aromatic N) is 1. The number of carbonyl (C=O) groups excluding carboxylic acids is 1. The molecule has 1 fully saturated rings. The topological polar surface area (TPSA) is 41.6 Å². The largest absolute Gasteiger partial charge is 0.388 e. The maximum atomic E-state index is 12.2. The first kappa shape index (κ1) is 12.9. The van der Waals surface area contributed by atoms with Crippen LogP contribution in [0.4, 0.5) is 5.69 Å². The van der Waals surface area contributed by atoms with Gasteiger partial charge in [0, 0.05) is 38.5 Å². The summed E-state index contributed by atoms with van der Waals surface area (Å²) in [4.78, 5) is 13.9. The molecule has 1 N–H and O–H groups in total. The second kappa shape index (κ2) is 5.87. The lowest BCUT2D eigenvalue weighted by Crippen LogP contribution is -2.34. The summed E-state index contributed by atoms with van der Waals surface area (Å²) < 4.78 is 5.54. The van der Waals surface area contributed by atoms with Crippen molar-refractivity contribution >= 4 is 11.6 Å². The van der Waals surface area contributed by atoms with E-state index < -0.39 is 0 Å². The van der Waals surface area contributed by atoms with Crippen molar-refractivity contribution < 1.29 is 9.53 Å². The first-order valence-corrected chi connectivity index (χ1v) is 6.35. The Kier molecular flexibility index (Phi) is 4.20. The summed E-state index contributed by atoms with van der Waals surface area (Å²) in [5.41, 5.74) is 1.72. The molecule has 1 aromatic rings. The van der Waals surface area contributed by atoms with Crippen LogP contribution in [-0.2, 0) is 4.74 Å². The lowest BCUT2D eigenvalue weighted by molar-refractivity contribution is 0.0587. The number of benzene rings is 1. The number of amides is 1. The van der Waals surface area contributed by atoms with Gasteiger partial charge in [0.05, 0.1) is 6.10 Å². The Morgan fingerprint density at radius 1 is 1.44 bits per heavy atom. The van der Waals surface area contributed by atoms with Gasteiger partial charge in [0.1, 0.15) is 0 Å². The molecule has 1 atom stereocenters. The van der Waals surface area contributed by atoms with E-state index in [2.05, 4.69) is 5.32 Å². The number of likely N-dealkylation sites (N-methyl/N-ethyl adjacent to an activating group) is 1. The lowest BCUT2D eigenvalue weighted by Gasteiger charge is -2.21. The van der Waals surface area contributed by atoms with Gasteiger partial charge in [-0.15, -0.1) is 0 Å². The van der Waals surface area contributed by atoms with Crippen LogP contribution in [0.25, 0.3) is 0 Å². The number of hydrogen-bond acceptors (Lipinski definition) is 3. The first-order valence-electron chi connectivity index (χ1n) is 6.35. The Morgan fingerprint density at radius 2 is 2.17 bits per heavy atom. The van der Waals surface area contributed by atoms with Gasteiger partial charge in [0.25, 0.3) is 5.91 Å². The molecule has 1 aliphatic rings. The van der Waals surface area contributed by atoms with Crippen molar-refractivity contribution in [1.29, 1.82) is 0 Å². The number of anilines is 1. The summed E-state index contributed by atoms with van der Waals surface area (Å²) in [6.07, 6.45) is 2.36. The zero-order chi connectivity index (χ0) is 13.0. The standard InChI is InChI=1S/C14H20N2O2/c1-15-12-7-5-11(6-8-12)14(17)16(2)10-13-4-3-9-18-13/h5-8,13,15H,3-4,9-10H2,1-2H3. The molecule has 98 valence electrons. The first-order chi connectivity index (χ1) is 8.70. The van der Waals surface area contributed by atoms with E-state index in [1.54, 1.807) is 4.90 Å². The number of ether oxygens (including phenoxy) is 1. The molecule has 1 aliphatic heterocycles. The van der Waals surface area contributed by atoms with Gasteiger partial charge in [-0.3, -0.25) is 4.79 Å². The van der Waals surface area contributed by atoms with Gasteiger partial charge in [0.2, 0.25) is 0 Å². The van der Waals surface area contributed by atoms with Crippen molar-refractivity contribution in [2.75, 3.05) is 32.6 Å². The molecule has 0 radical (unpaired) electrons. The van der Waals surface area contributed by atoms with E-state index in [1.165, 1.54) is 0 Å². The molecule has 1 unspecified atom stereocenters. The molecular weight excluding hydrogens is 228 g/mol. The molecule has 0 saturated carbocycles. The predicted molar refractivity (Wildman–Crippen MR) is 71.9 cm³/mol. The molecular formula is C14H20N2O2. The third-order valence-corrected chi connectivity index (χ3v) is 3.27. The number of nitrogens with one attached hydrogen (secondary N) is 1. The van der Waals surface area contributed by atoms with Crippen LogP contribution in [0.1, 0.15) is 23.2 Å². The summed E-state index contributed by atoms with van der Waals surface area (Å²) in [7, 11) is 3.69. The number of carbonyl (C=O) groups is 1. The fourth-order valence-corrected chi connectivity index (χ4v) is 2.18. The van der Waals surface area contributed by atoms with Crippen molar-refractivity contribution in [3.05, 3.63) is 29.8 Å². The average molecular weight is 248 g/mol. The second-order valence-corrected chi connectivity index (χ2v) is 4.65. The van der Waals surface area contributed by atoms with E-state index in [4.69, 9.17) is 4.74 Å². The summed E-state index contributed by atoms with van der Waals surface area (Å²) in [6, 6.07) is 7.51. The minimum Gasteiger partial charge on any atom is -0.388 e. The molecule has 18 heavy (non-hydrogen) atoms. The molecule has 1 aromatic carbocycles. The predicted octanol–water partition coefficient (Wildman–Crippen LogP) is 1.98. The SMILES string of the molecule is CNc1ccc(C(=O)N(C)CC2CCCO2)cc1. The molecule has 4 nitrogen and oxygen atoms in total. The minimum absolute atomic E-state index is 0.0492. The molecule has 0 aromatic heterocycles. The van der Waals surface area contributed by atoms with Crippen molar-refractivity contribution in [2.24, 2.45) is 0 Å². The molecule has 1 amide bonds. The van der Waals surface area contributed by atoms with Gasteiger partial charge in [-0.1, -0.05) is 0 Å². The molecule has 0 spiro atoms. The van der Waals surface area contributed by atoms with Crippen LogP contribution >= 0.6 is 0 Å². The maximum absolute atomic E-state index is 12.2. The summed E-state index contributed by atoms with van der Waals surface area (Å²) >= 11 is 0. The highest BCUT2D eigenvalue weighted by atomic mass is 16.5. The second-order valence-electron chi connectivity index (χ2n) is 4.65. The van der Waals surface area contributed by atoms with Crippen LogP contribution in [0.2, 0.25) is 0 Å². The highest BCUT2D eigenvalue weighted by Crippen LogP contribution is 2.15. The Hall–Kier alpha value is -1.55.